The molecular formula is C16H23NO. The fourth-order valence-electron chi connectivity index (χ4n) is 2.46. The highest BCUT2D eigenvalue weighted by Gasteiger charge is 2.16. The molecule has 0 aliphatic rings. The molecular weight excluding hydrogens is 222 g/mol. The third-order valence-electron chi connectivity index (χ3n) is 3.49. The van der Waals surface area contributed by atoms with Crippen molar-refractivity contribution in [2.24, 2.45) is 0 Å². The van der Waals surface area contributed by atoms with Gasteiger partial charge in [0, 0.05) is 5.39 Å². The Morgan fingerprint density at radius 2 is 1.89 bits per heavy atom. The minimum Gasteiger partial charge on any atom is -0.459 e. The van der Waals surface area contributed by atoms with Gasteiger partial charge in [0.15, 0.2) is 0 Å². The molecule has 0 radical (unpaired) electrons. The van der Waals surface area contributed by atoms with Crippen LogP contribution in [-0.2, 0) is 0 Å². The molecule has 0 bridgehead atoms. The summed E-state index contributed by atoms with van der Waals surface area (Å²) < 4.78 is 6.08. The minimum atomic E-state index is 0.339. The van der Waals surface area contributed by atoms with E-state index in [4.69, 9.17) is 4.42 Å². The molecule has 1 N–H and O–H groups in total. The lowest BCUT2D eigenvalue weighted by molar-refractivity contribution is 0.414. The molecule has 0 spiro atoms. The highest BCUT2D eigenvalue weighted by molar-refractivity contribution is 5.84. The van der Waals surface area contributed by atoms with E-state index in [1.807, 2.05) is 0 Å². The van der Waals surface area contributed by atoms with E-state index in [2.05, 4.69) is 51.2 Å². The standard InChI is InChI=1S/C16H23NO/c1-5-7-14(17-6-2)15-10-13-11(3)8-9-12(4)16(13)18-15/h8-10,14,17H,5-7H2,1-4H3. The second-order valence-electron chi connectivity index (χ2n) is 4.99. The molecule has 1 atom stereocenters. The molecule has 2 aromatic rings. The highest BCUT2D eigenvalue weighted by atomic mass is 16.3. The Bertz CT molecular complexity index is 482. The smallest absolute Gasteiger partial charge is 0.137 e. The van der Waals surface area contributed by atoms with E-state index in [1.165, 1.54) is 16.5 Å². The molecule has 2 nitrogen and oxygen atoms in total. The van der Waals surface area contributed by atoms with Gasteiger partial charge < -0.3 is 9.73 Å². The van der Waals surface area contributed by atoms with Crippen LogP contribution in [0.25, 0.3) is 11.0 Å². The summed E-state index contributed by atoms with van der Waals surface area (Å²) in [7, 11) is 0. The molecule has 0 amide bonds. The number of nitrogens with one attached hydrogen (secondary N) is 1. The van der Waals surface area contributed by atoms with Gasteiger partial charge in [-0.25, -0.2) is 0 Å². The Balaban J connectivity index is 2.44. The molecule has 0 fully saturated rings. The largest absolute Gasteiger partial charge is 0.459 e. The van der Waals surface area contributed by atoms with Crippen LogP contribution < -0.4 is 5.32 Å². The maximum atomic E-state index is 6.08. The van der Waals surface area contributed by atoms with Crippen LogP contribution >= 0.6 is 0 Å². The van der Waals surface area contributed by atoms with Gasteiger partial charge in [-0.2, -0.15) is 0 Å². The maximum Gasteiger partial charge on any atom is 0.137 e. The van der Waals surface area contributed by atoms with Crippen molar-refractivity contribution in [1.82, 2.24) is 5.32 Å². The normalized spacial score (nSPS) is 13.1. The minimum absolute atomic E-state index is 0.339. The first-order valence-corrected chi connectivity index (χ1v) is 6.90. The lowest BCUT2D eigenvalue weighted by atomic mass is 10.1. The average Bonchev–Trinajstić information content (AvgIpc) is 2.80. The molecule has 98 valence electrons. The van der Waals surface area contributed by atoms with E-state index < -0.39 is 0 Å². The number of hydrogen-bond acceptors (Lipinski definition) is 2. The molecule has 0 aliphatic carbocycles. The lowest BCUT2D eigenvalue weighted by Gasteiger charge is -2.13. The summed E-state index contributed by atoms with van der Waals surface area (Å²) >= 11 is 0. The monoisotopic (exact) mass is 245 g/mol. The van der Waals surface area contributed by atoms with Crippen LogP contribution in [0, 0.1) is 13.8 Å². The SMILES string of the molecule is CCCC(NCC)c1cc2c(C)ccc(C)c2o1. The molecule has 0 saturated heterocycles. The Labute approximate surface area is 109 Å². The quantitative estimate of drug-likeness (QED) is 0.839. The van der Waals surface area contributed by atoms with Crippen molar-refractivity contribution in [3.8, 4) is 0 Å². The van der Waals surface area contributed by atoms with Crippen molar-refractivity contribution >= 4 is 11.0 Å². The van der Waals surface area contributed by atoms with Gasteiger partial charge in [-0.15, -0.1) is 0 Å². The van der Waals surface area contributed by atoms with E-state index in [9.17, 15) is 0 Å². The number of benzene rings is 1. The van der Waals surface area contributed by atoms with Gasteiger partial charge in [0.05, 0.1) is 6.04 Å². The Morgan fingerprint density at radius 3 is 2.50 bits per heavy atom. The van der Waals surface area contributed by atoms with Gasteiger partial charge in [-0.05, 0) is 44.0 Å². The van der Waals surface area contributed by atoms with E-state index in [1.54, 1.807) is 0 Å². The molecule has 1 unspecified atom stereocenters. The second kappa shape index (κ2) is 5.57. The fourth-order valence-corrected chi connectivity index (χ4v) is 2.46. The van der Waals surface area contributed by atoms with Crippen LogP contribution in [0.5, 0.6) is 0 Å². The van der Waals surface area contributed by atoms with Crippen LogP contribution in [-0.4, -0.2) is 6.54 Å². The average molecular weight is 245 g/mol. The number of rotatable bonds is 5. The van der Waals surface area contributed by atoms with Crippen molar-refractivity contribution in [2.45, 2.75) is 46.6 Å². The van der Waals surface area contributed by atoms with E-state index in [0.717, 1.165) is 30.7 Å². The number of aryl methyl sites for hydroxylation is 2. The molecule has 0 aliphatic heterocycles. The molecule has 2 heteroatoms. The van der Waals surface area contributed by atoms with E-state index in [-0.39, 0.29) is 0 Å². The van der Waals surface area contributed by atoms with Crippen LogP contribution in [0.15, 0.2) is 22.6 Å². The Hall–Kier alpha value is -1.28. The van der Waals surface area contributed by atoms with Crippen molar-refractivity contribution in [3.05, 3.63) is 35.1 Å². The Morgan fingerprint density at radius 1 is 1.17 bits per heavy atom. The predicted molar refractivity (Wildman–Crippen MR) is 77.0 cm³/mol. The lowest BCUT2D eigenvalue weighted by Crippen LogP contribution is -2.20. The van der Waals surface area contributed by atoms with Crippen LogP contribution in [0.2, 0.25) is 0 Å². The number of furan rings is 1. The van der Waals surface area contributed by atoms with Gasteiger partial charge in [-0.1, -0.05) is 32.4 Å². The summed E-state index contributed by atoms with van der Waals surface area (Å²) in [5.41, 5.74) is 3.55. The number of hydrogen-bond donors (Lipinski definition) is 1. The molecule has 1 heterocycles. The van der Waals surface area contributed by atoms with Gasteiger partial charge in [-0.3, -0.25) is 0 Å². The highest BCUT2D eigenvalue weighted by Crippen LogP contribution is 2.30. The molecule has 1 aromatic heterocycles. The first-order chi connectivity index (χ1) is 8.67. The van der Waals surface area contributed by atoms with Gasteiger partial charge >= 0.3 is 0 Å². The van der Waals surface area contributed by atoms with E-state index in [0.29, 0.717) is 6.04 Å². The number of fused-ring (bicyclic) bond motifs is 1. The maximum absolute atomic E-state index is 6.08. The summed E-state index contributed by atoms with van der Waals surface area (Å²) in [5.74, 6) is 1.08. The molecule has 18 heavy (non-hydrogen) atoms. The second-order valence-corrected chi connectivity index (χ2v) is 4.99. The van der Waals surface area contributed by atoms with E-state index >= 15 is 0 Å². The molecule has 0 saturated carbocycles. The summed E-state index contributed by atoms with van der Waals surface area (Å²) in [5, 5.41) is 4.76. The zero-order chi connectivity index (χ0) is 13.1. The van der Waals surface area contributed by atoms with Gasteiger partial charge in [0.1, 0.15) is 11.3 Å². The topological polar surface area (TPSA) is 25.2 Å². The first kappa shape index (κ1) is 13.2. The fraction of sp³-hybridized carbons (Fsp3) is 0.500. The van der Waals surface area contributed by atoms with Crippen molar-refractivity contribution in [2.75, 3.05) is 6.54 Å². The van der Waals surface area contributed by atoms with Crippen LogP contribution in [0.4, 0.5) is 0 Å². The molecule has 2 rings (SSSR count). The van der Waals surface area contributed by atoms with Crippen molar-refractivity contribution in [1.29, 1.82) is 0 Å². The third-order valence-corrected chi connectivity index (χ3v) is 3.49. The predicted octanol–water partition coefficient (Wildman–Crippen LogP) is 4.50. The zero-order valence-electron chi connectivity index (χ0n) is 11.8. The third kappa shape index (κ3) is 2.44. The summed E-state index contributed by atoms with van der Waals surface area (Å²) in [6.45, 7) is 9.57. The Kier molecular flexibility index (Phi) is 4.07. The zero-order valence-corrected chi connectivity index (χ0v) is 11.8. The van der Waals surface area contributed by atoms with Gasteiger partial charge in [0.2, 0.25) is 0 Å². The first-order valence-electron chi connectivity index (χ1n) is 6.90. The van der Waals surface area contributed by atoms with Gasteiger partial charge in [0.25, 0.3) is 0 Å². The van der Waals surface area contributed by atoms with Crippen molar-refractivity contribution in [3.63, 3.8) is 0 Å². The summed E-state index contributed by atoms with van der Waals surface area (Å²) in [6.07, 6.45) is 2.28. The summed E-state index contributed by atoms with van der Waals surface area (Å²) in [4.78, 5) is 0. The van der Waals surface area contributed by atoms with Crippen LogP contribution in [0.3, 0.4) is 0 Å². The molecule has 1 aromatic carbocycles. The summed E-state index contributed by atoms with van der Waals surface area (Å²) in [6, 6.07) is 6.85. The van der Waals surface area contributed by atoms with Crippen LogP contribution in [0.1, 0.15) is 49.6 Å². The van der Waals surface area contributed by atoms with Crippen molar-refractivity contribution < 1.29 is 4.42 Å².